The lowest BCUT2D eigenvalue weighted by molar-refractivity contribution is -0.148. The van der Waals surface area contributed by atoms with Gasteiger partial charge in [0.2, 0.25) is 0 Å². The average Bonchev–Trinajstić information content (AvgIpc) is 2.45. The number of ether oxygens (including phenoxy) is 3. The topological polar surface area (TPSA) is 65.1 Å². The number of allylic oxidation sites excluding steroid dienone is 1. The summed E-state index contributed by atoms with van der Waals surface area (Å²) >= 11 is 1.48. The Kier molecular flexibility index (Phi) is 8.53. The molecule has 1 saturated heterocycles. The third kappa shape index (κ3) is 8.65. The minimum atomic E-state index is -0.676. The van der Waals surface area contributed by atoms with Gasteiger partial charge in [0.15, 0.2) is 0 Å². The predicted molar refractivity (Wildman–Crippen MR) is 104 cm³/mol. The fourth-order valence-corrected chi connectivity index (χ4v) is 3.35. The number of esters is 1. The Bertz CT molecular complexity index is 551. The highest BCUT2D eigenvalue weighted by molar-refractivity contribution is 7.99. The summed E-state index contributed by atoms with van der Waals surface area (Å²) in [6.07, 6.45) is 1.50. The Hall–Kier alpha value is -1.63. The van der Waals surface area contributed by atoms with E-state index in [1.807, 2.05) is 27.7 Å². The fourth-order valence-electron chi connectivity index (χ4n) is 2.39. The van der Waals surface area contributed by atoms with Crippen LogP contribution in [0.25, 0.3) is 0 Å². The number of rotatable bonds is 6. The molecule has 1 fully saturated rings. The molecule has 1 unspecified atom stereocenters. The number of nitrogens with zero attached hydrogens (tertiary/aromatic N) is 1. The maximum Gasteiger partial charge on any atom is 0.509 e. The molecule has 0 aliphatic carbocycles. The van der Waals surface area contributed by atoms with E-state index in [2.05, 4.69) is 11.5 Å². The minimum absolute atomic E-state index is 0.0740. The second kappa shape index (κ2) is 9.90. The van der Waals surface area contributed by atoms with Crippen LogP contribution in [0.1, 0.15) is 48.0 Å². The van der Waals surface area contributed by atoms with E-state index < -0.39 is 11.8 Å². The van der Waals surface area contributed by atoms with Gasteiger partial charge in [-0.25, -0.2) is 9.59 Å². The van der Waals surface area contributed by atoms with Gasteiger partial charge in [-0.05, 0) is 53.5 Å². The van der Waals surface area contributed by atoms with Gasteiger partial charge in [-0.3, -0.25) is 0 Å². The molecule has 0 N–H and O–H groups in total. The normalized spacial score (nSPS) is 19.4. The molecule has 1 heterocycles. The van der Waals surface area contributed by atoms with Crippen LogP contribution < -0.4 is 0 Å². The van der Waals surface area contributed by atoms with Crippen molar-refractivity contribution < 1.29 is 23.8 Å². The third-order valence-electron chi connectivity index (χ3n) is 3.48. The summed E-state index contributed by atoms with van der Waals surface area (Å²) in [7, 11) is 0. The predicted octanol–water partition coefficient (Wildman–Crippen LogP) is 4.11. The maximum atomic E-state index is 12.2. The van der Waals surface area contributed by atoms with Gasteiger partial charge >= 0.3 is 12.1 Å². The molecule has 0 radical (unpaired) electrons. The van der Waals surface area contributed by atoms with Crippen molar-refractivity contribution in [2.75, 3.05) is 19.0 Å². The zero-order valence-corrected chi connectivity index (χ0v) is 17.5. The van der Waals surface area contributed by atoms with Crippen LogP contribution in [-0.4, -0.2) is 53.0 Å². The first-order chi connectivity index (χ1) is 12.0. The van der Waals surface area contributed by atoms with E-state index in [9.17, 15) is 9.59 Å². The first-order valence-corrected chi connectivity index (χ1v) is 9.81. The SMILES string of the molecule is C=C(C)N1CCC(SCOC(=O)OC(C)C)/C(=C\C(=O)OC(C)(C)C)C1. The van der Waals surface area contributed by atoms with E-state index >= 15 is 0 Å². The van der Waals surface area contributed by atoms with Gasteiger partial charge in [0.1, 0.15) is 11.5 Å². The molecule has 0 aromatic rings. The van der Waals surface area contributed by atoms with Gasteiger partial charge in [0.05, 0.1) is 6.10 Å². The molecule has 0 amide bonds. The maximum absolute atomic E-state index is 12.2. The van der Waals surface area contributed by atoms with Crippen molar-refractivity contribution in [3.63, 3.8) is 0 Å². The second-order valence-electron chi connectivity index (χ2n) is 7.53. The Morgan fingerprint density at radius 3 is 2.58 bits per heavy atom. The van der Waals surface area contributed by atoms with Crippen molar-refractivity contribution in [2.24, 2.45) is 0 Å². The van der Waals surface area contributed by atoms with Crippen molar-refractivity contribution in [3.8, 4) is 0 Å². The number of carbonyl (C=O) groups excluding carboxylic acids is 2. The average molecular weight is 386 g/mol. The van der Waals surface area contributed by atoms with Crippen molar-refractivity contribution in [1.29, 1.82) is 0 Å². The molecular formula is C19H31NO5S. The Morgan fingerprint density at radius 2 is 2.04 bits per heavy atom. The number of hydrogen-bond acceptors (Lipinski definition) is 7. The third-order valence-corrected chi connectivity index (χ3v) is 4.67. The van der Waals surface area contributed by atoms with Gasteiger partial charge in [-0.2, -0.15) is 0 Å². The monoisotopic (exact) mass is 385 g/mol. The second-order valence-corrected chi connectivity index (χ2v) is 8.67. The molecular weight excluding hydrogens is 354 g/mol. The zero-order chi connectivity index (χ0) is 19.9. The van der Waals surface area contributed by atoms with E-state index in [0.29, 0.717) is 6.54 Å². The van der Waals surface area contributed by atoms with E-state index in [0.717, 1.165) is 24.2 Å². The molecule has 1 aliphatic heterocycles. The lowest BCUT2D eigenvalue weighted by atomic mass is 10.0. The Morgan fingerprint density at radius 1 is 1.38 bits per heavy atom. The molecule has 26 heavy (non-hydrogen) atoms. The zero-order valence-electron chi connectivity index (χ0n) is 16.7. The van der Waals surface area contributed by atoms with Crippen LogP contribution in [0.15, 0.2) is 23.9 Å². The molecule has 0 bridgehead atoms. The largest absolute Gasteiger partial charge is 0.509 e. The van der Waals surface area contributed by atoms with Crippen molar-refractivity contribution in [2.45, 2.75) is 64.9 Å². The standard InChI is InChI=1S/C19H31NO5S/c1-13(2)20-9-8-16(26-12-23-18(22)24-14(3)4)15(11-20)10-17(21)25-19(5,6)7/h10,14,16H,1,8-9,11-12H2,2-7H3/b15-10-. The lowest BCUT2D eigenvalue weighted by Gasteiger charge is -2.35. The van der Waals surface area contributed by atoms with Crippen molar-refractivity contribution >= 4 is 23.9 Å². The number of carbonyl (C=O) groups is 2. The first kappa shape index (κ1) is 22.4. The summed E-state index contributed by atoms with van der Waals surface area (Å²) in [5, 5.41) is 0.0740. The van der Waals surface area contributed by atoms with Crippen molar-refractivity contribution in [1.82, 2.24) is 4.90 Å². The molecule has 148 valence electrons. The Labute approximate surface area is 160 Å². The number of piperidine rings is 1. The summed E-state index contributed by atoms with van der Waals surface area (Å²) in [6.45, 7) is 16.4. The van der Waals surface area contributed by atoms with E-state index in [1.54, 1.807) is 19.9 Å². The summed E-state index contributed by atoms with van der Waals surface area (Å²) in [5.41, 5.74) is 1.36. The van der Waals surface area contributed by atoms with Gasteiger partial charge in [0, 0.05) is 30.1 Å². The van der Waals surface area contributed by atoms with Gasteiger partial charge in [-0.1, -0.05) is 6.58 Å². The number of thioether (sulfide) groups is 1. The van der Waals surface area contributed by atoms with Gasteiger partial charge < -0.3 is 19.1 Å². The summed E-state index contributed by atoms with van der Waals surface area (Å²) < 4.78 is 15.4. The van der Waals surface area contributed by atoms with Crippen LogP contribution in [0.2, 0.25) is 0 Å². The van der Waals surface area contributed by atoms with Gasteiger partial charge in [0.25, 0.3) is 0 Å². The molecule has 0 spiro atoms. The van der Waals surface area contributed by atoms with Crippen molar-refractivity contribution in [3.05, 3.63) is 23.9 Å². The Balaban J connectivity index is 2.72. The van der Waals surface area contributed by atoms with Crippen LogP contribution in [0, 0.1) is 0 Å². The van der Waals surface area contributed by atoms with Crippen LogP contribution >= 0.6 is 11.8 Å². The minimum Gasteiger partial charge on any atom is -0.457 e. The summed E-state index contributed by atoms with van der Waals surface area (Å²) in [5.74, 6) is -0.184. The highest BCUT2D eigenvalue weighted by Crippen LogP contribution is 2.30. The highest BCUT2D eigenvalue weighted by atomic mass is 32.2. The molecule has 1 rings (SSSR count). The smallest absolute Gasteiger partial charge is 0.457 e. The highest BCUT2D eigenvalue weighted by Gasteiger charge is 2.26. The molecule has 0 saturated carbocycles. The summed E-state index contributed by atoms with van der Waals surface area (Å²) in [4.78, 5) is 25.8. The molecule has 6 nitrogen and oxygen atoms in total. The first-order valence-electron chi connectivity index (χ1n) is 8.77. The van der Waals surface area contributed by atoms with E-state index in [4.69, 9.17) is 14.2 Å². The molecule has 7 heteroatoms. The quantitative estimate of drug-likeness (QED) is 0.387. The molecule has 0 aromatic heterocycles. The number of hydrogen-bond donors (Lipinski definition) is 0. The fraction of sp³-hybridized carbons (Fsp3) is 0.684. The molecule has 0 aromatic carbocycles. The van der Waals surface area contributed by atoms with E-state index in [1.165, 1.54) is 11.8 Å². The van der Waals surface area contributed by atoms with Crippen LogP contribution in [0.3, 0.4) is 0 Å². The molecule has 1 aliphatic rings. The van der Waals surface area contributed by atoms with Crippen LogP contribution in [0.5, 0.6) is 0 Å². The van der Waals surface area contributed by atoms with Crippen LogP contribution in [0.4, 0.5) is 4.79 Å². The summed E-state index contributed by atoms with van der Waals surface area (Å²) in [6, 6.07) is 0. The molecule has 1 atom stereocenters. The van der Waals surface area contributed by atoms with Crippen LogP contribution in [-0.2, 0) is 19.0 Å². The van der Waals surface area contributed by atoms with Gasteiger partial charge in [-0.15, -0.1) is 11.8 Å². The van der Waals surface area contributed by atoms with E-state index in [-0.39, 0.29) is 23.3 Å². The number of likely N-dealkylation sites (tertiary alicyclic amines) is 1. The lowest BCUT2D eigenvalue weighted by Crippen LogP contribution is -2.36.